The number of carbonyl (C=O) groups is 3. The first-order chi connectivity index (χ1) is 7.88. The van der Waals surface area contributed by atoms with Crippen LogP contribution in [0.5, 0.6) is 0 Å². The van der Waals surface area contributed by atoms with E-state index in [-0.39, 0.29) is 24.8 Å². The van der Waals surface area contributed by atoms with E-state index >= 15 is 0 Å². The molecule has 1 unspecified atom stereocenters. The molecule has 0 bridgehead atoms. The number of primary amides is 1. The number of hydrogen-bond acceptors (Lipinski definition) is 4. The average Bonchev–Trinajstić information content (AvgIpc) is 2.24. The lowest BCUT2D eigenvalue weighted by atomic mass is 10.3. The van der Waals surface area contributed by atoms with Crippen LogP contribution in [0.4, 0.5) is 4.79 Å². The van der Waals surface area contributed by atoms with Gasteiger partial charge in [0.25, 0.3) is 0 Å². The Morgan fingerprint density at radius 1 is 1.41 bits per heavy atom. The second kappa shape index (κ2) is 7.48. The molecule has 3 amide bonds. The molecule has 98 valence electrons. The van der Waals surface area contributed by atoms with E-state index < -0.39 is 12.1 Å². The van der Waals surface area contributed by atoms with Crippen LogP contribution in [0.25, 0.3) is 0 Å². The second-order valence-corrected chi connectivity index (χ2v) is 3.55. The summed E-state index contributed by atoms with van der Waals surface area (Å²) >= 11 is 0. The SMILES string of the molecule is CCOC(=O)CCN(C)C(=O)C(C)NC(N)=O. The molecule has 0 aliphatic carbocycles. The van der Waals surface area contributed by atoms with E-state index in [1.807, 2.05) is 0 Å². The molecule has 1 atom stereocenters. The summed E-state index contributed by atoms with van der Waals surface area (Å²) in [5, 5.41) is 2.27. The fraction of sp³-hybridized carbons (Fsp3) is 0.700. The molecular weight excluding hydrogens is 226 g/mol. The van der Waals surface area contributed by atoms with E-state index in [4.69, 9.17) is 10.5 Å². The summed E-state index contributed by atoms with van der Waals surface area (Å²) in [7, 11) is 1.54. The van der Waals surface area contributed by atoms with E-state index in [0.29, 0.717) is 6.61 Å². The van der Waals surface area contributed by atoms with Crippen LogP contribution in [0.1, 0.15) is 20.3 Å². The largest absolute Gasteiger partial charge is 0.466 e. The third kappa shape index (κ3) is 6.39. The maximum absolute atomic E-state index is 11.7. The minimum Gasteiger partial charge on any atom is -0.466 e. The molecular formula is C10H19N3O4. The first kappa shape index (κ1) is 15.2. The fourth-order valence-electron chi connectivity index (χ4n) is 1.21. The van der Waals surface area contributed by atoms with Gasteiger partial charge in [0.05, 0.1) is 13.0 Å². The molecule has 0 aromatic rings. The zero-order valence-corrected chi connectivity index (χ0v) is 10.4. The van der Waals surface area contributed by atoms with Crippen LogP contribution in [0.2, 0.25) is 0 Å². The van der Waals surface area contributed by atoms with Crippen LogP contribution >= 0.6 is 0 Å². The van der Waals surface area contributed by atoms with Crippen molar-refractivity contribution in [2.75, 3.05) is 20.2 Å². The van der Waals surface area contributed by atoms with Crippen molar-refractivity contribution in [1.29, 1.82) is 0 Å². The monoisotopic (exact) mass is 245 g/mol. The van der Waals surface area contributed by atoms with Gasteiger partial charge in [-0.15, -0.1) is 0 Å². The van der Waals surface area contributed by atoms with Gasteiger partial charge in [0, 0.05) is 13.6 Å². The maximum Gasteiger partial charge on any atom is 0.312 e. The minimum atomic E-state index is -0.760. The van der Waals surface area contributed by atoms with Crippen LogP contribution in [0.3, 0.4) is 0 Å². The Bertz CT molecular complexity index is 293. The van der Waals surface area contributed by atoms with E-state index in [9.17, 15) is 14.4 Å². The standard InChI is InChI=1S/C10H19N3O4/c1-4-17-8(14)5-6-13(3)9(15)7(2)12-10(11)16/h7H,4-6H2,1-3H3,(H3,11,12,16). The molecule has 3 N–H and O–H groups in total. The molecule has 0 aliphatic rings. The van der Waals surface area contributed by atoms with Crippen LogP contribution in [-0.2, 0) is 14.3 Å². The Morgan fingerprint density at radius 2 is 2.00 bits per heavy atom. The maximum atomic E-state index is 11.7. The van der Waals surface area contributed by atoms with Crippen molar-refractivity contribution >= 4 is 17.9 Å². The molecule has 0 saturated carbocycles. The highest BCUT2D eigenvalue weighted by molar-refractivity contribution is 5.86. The number of likely N-dealkylation sites (N-methyl/N-ethyl adjacent to an activating group) is 1. The highest BCUT2D eigenvalue weighted by Crippen LogP contribution is 1.95. The van der Waals surface area contributed by atoms with Crippen LogP contribution in [0, 0.1) is 0 Å². The third-order valence-corrected chi connectivity index (χ3v) is 2.06. The summed E-state index contributed by atoms with van der Waals surface area (Å²) in [5.41, 5.74) is 4.90. The number of amides is 3. The van der Waals surface area contributed by atoms with E-state index in [0.717, 1.165) is 0 Å². The topological polar surface area (TPSA) is 102 Å². The van der Waals surface area contributed by atoms with Crippen molar-refractivity contribution in [3.63, 3.8) is 0 Å². The first-order valence-electron chi connectivity index (χ1n) is 5.35. The molecule has 0 aromatic heterocycles. The quantitative estimate of drug-likeness (QED) is 0.613. The first-order valence-corrected chi connectivity index (χ1v) is 5.35. The summed E-state index contributed by atoms with van der Waals surface area (Å²) in [6, 6.07) is -1.47. The van der Waals surface area contributed by atoms with Gasteiger partial charge in [-0.1, -0.05) is 0 Å². The van der Waals surface area contributed by atoms with E-state index in [1.165, 1.54) is 11.8 Å². The Labute approximate surface area is 100 Å². The Kier molecular flexibility index (Phi) is 6.69. The summed E-state index contributed by atoms with van der Waals surface area (Å²) in [6.07, 6.45) is 0.124. The smallest absolute Gasteiger partial charge is 0.312 e. The van der Waals surface area contributed by atoms with Gasteiger partial charge in [-0.3, -0.25) is 9.59 Å². The van der Waals surface area contributed by atoms with E-state index in [1.54, 1.807) is 14.0 Å². The minimum absolute atomic E-state index is 0.124. The van der Waals surface area contributed by atoms with Crippen molar-refractivity contribution in [2.24, 2.45) is 5.73 Å². The number of rotatable bonds is 6. The fourth-order valence-corrected chi connectivity index (χ4v) is 1.21. The number of ether oxygens (including phenoxy) is 1. The number of nitrogens with one attached hydrogen (secondary N) is 1. The summed E-state index contributed by atoms with van der Waals surface area (Å²) in [5.74, 6) is -0.671. The molecule has 0 heterocycles. The van der Waals surface area contributed by atoms with Gasteiger partial charge < -0.3 is 20.7 Å². The predicted molar refractivity (Wildman–Crippen MR) is 61.1 cm³/mol. The van der Waals surface area contributed by atoms with Gasteiger partial charge >= 0.3 is 12.0 Å². The van der Waals surface area contributed by atoms with Gasteiger partial charge in [-0.25, -0.2) is 4.79 Å². The van der Waals surface area contributed by atoms with Crippen molar-refractivity contribution in [1.82, 2.24) is 10.2 Å². The highest BCUT2D eigenvalue weighted by atomic mass is 16.5. The number of carbonyl (C=O) groups excluding carboxylic acids is 3. The zero-order valence-electron chi connectivity index (χ0n) is 10.4. The van der Waals surface area contributed by atoms with E-state index in [2.05, 4.69) is 5.32 Å². The lowest BCUT2D eigenvalue weighted by Gasteiger charge is -2.21. The Hall–Kier alpha value is -1.79. The highest BCUT2D eigenvalue weighted by Gasteiger charge is 2.18. The normalized spacial score (nSPS) is 11.5. The van der Waals surface area contributed by atoms with Crippen molar-refractivity contribution in [2.45, 2.75) is 26.3 Å². The van der Waals surface area contributed by atoms with Crippen molar-refractivity contribution < 1.29 is 19.1 Å². The molecule has 0 aliphatic heterocycles. The second-order valence-electron chi connectivity index (χ2n) is 3.55. The Morgan fingerprint density at radius 3 is 2.47 bits per heavy atom. The zero-order chi connectivity index (χ0) is 13.4. The van der Waals surface area contributed by atoms with Crippen molar-refractivity contribution in [3.8, 4) is 0 Å². The molecule has 0 saturated heterocycles. The molecule has 0 radical (unpaired) electrons. The number of urea groups is 1. The van der Waals surface area contributed by atoms with Gasteiger partial charge in [0.1, 0.15) is 6.04 Å². The molecule has 0 aromatic carbocycles. The molecule has 7 nitrogen and oxygen atoms in total. The van der Waals surface area contributed by atoms with Gasteiger partial charge in [-0.2, -0.15) is 0 Å². The lowest BCUT2D eigenvalue weighted by molar-refractivity contribution is -0.144. The summed E-state index contributed by atoms with van der Waals surface area (Å²) in [4.78, 5) is 34.6. The molecule has 7 heteroatoms. The Balaban J connectivity index is 4.04. The van der Waals surface area contributed by atoms with Crippen LogP contribution < -0.4 is 11.1 Å². The number of nitrogens with zero attached hydrogens (tertiary/aromatic N) is 1. The van der Waals surface area contributed by atoms with Gasteiger partial charge in [0.15, 0.2) is 0 Å². The summed E-state index contributed by atoms with van der Waals surface area (Å²) < 4.78 is 4.73. The number of hydrogen-bond donors (Lipinski definition) is 2. The van der Waals surface area contributed by atoms with Crippen molar-refractivity contribution in [3.05, 3.63) is 0 Å². The van der Waals surface area contributed by atoms with Gasteiger partial charge in [0.2, 0.25) is 5.91 Å². The molecule has 0 spiro atoms. The van der Waals surface area contributed by atoms with Gasteiger partial charge in [-0.05, 0) is 13.8 Å². The lowest BCUT2D eigenvalue weighted by Crippen LogP contribution is -2.47. The average molecular weight is 245 g/mol. The van der Waals surface area contributed by atoms with Crippen LogP contribution in [-0.4, -0.2) is 49.0 Å². The number of nitrogens with two attached hydrogens (primary N) is 1. The molecule has 0 fully saturated rings. The van der Waals surface area contributed by atoms with Crippen LogP contribution in [0.15, 0.2) is 0 Å². The molecule has 0 rings (SSSR count). The third-order valence-electron chi connectivity index (χ3n) is 2.06. The summed E-state index contributed by atoms with van der Waals surface area (Å²) in [6.45, 7) is 3.79. The predicted octanol–water partition coefficient (Wildman–Crippen LogP) is -0.545. The number of esters is 1. The molecule has 17 heavy (non-hydrogen) atoms.